The standard InChI is InChI=1S/C13H18ClNO5S/c1-9-8-11(21(14,17)18)4-5-12(9)20-10(2)13(16)15-6-7-19-3/h4-5,8,10H,6-7H2,1-3H3,(H,15,16). The van der Waals surface area contributed by atoms with Crippen molar-refractivity contribution in [2.45, 2.75) is 24.8 Å². The lowest BCUT2D eigenvalue weighted by molar-refractivity contribution is -0.127. The fraction of sp³-hybridized carbons (Fsp3) is 0.462. The maximum Gasteiger partial charge on any atom is 0.261 e. The molecule has 1 aromatic rings. The largest absolute Gasteiger partial charge is 0.481 e. The van der Waals surface area contributed by atoms with Gasteiger partial charge in [0.15, 0.2) is 6.10 Å². The van der Waals surface area contributed by atoms with Crippen LogP contribution in [-0.4, -0.2) is 40.7 Å². The lowest BCUT2D eigenvalue weighted by atomic mass is 10.2. The summed E-state index contributed by atoms with van der Waals surface area (Å²) in [4.78, 5) is 11.7. The van der Waals surface area contributed by atoms with E-state index in [9.17, 15) is 13.2 Å². The van der Waals surface area contributed by atoms with Crippen molar-refractivity contribution in [1.82, 2.24) is 5.32 Å². The van der Waals surface area contributed by atoms with E-state index in [0.717, 1.165) is 0 Å². The van der Waals surface area contributed by atoms with Crippen LogP contribution in [0.2, 0.25) is 0 Å². The predicted molar refractivity (Wildman–Crippen MR) is 79.2 cm³/mol. The molecule has 1 atom stereocenters. The molecule has 0 aliphatic carbocycles. The Morgan fingerprint density at radius 2 is 2.10 bits per heavy atom. The average Bonchev–Trinajstić information content (AvgIpc) is 2.39. The zero-order chi connectivity index (χ0) is 16.0. The number of carbonyl (C=O) groups is 1. The summed E-state index contributed by atoms with van der Waals surface area (Å²) >= 11 is 0. The van der Waals surface area contributed by atoms with Crippen LogP contribution in [0.5, 0.6) is 5.75 Å². The molecule has 0 bridgehead atoms. The number of amides is 1. The van der Waals surface area contributed by atoms with Crippen molar-refractivity contribution in [1.29, 1.82) is 0 Å². The zero-order valence-corrected chi connectivity index (χ0v) is 13.6. The number of nitrogens with one attached hydrogen (secondary N) is 1. The van der Waals surface area contributed by atoms with Gasteiger partial charge in [0.25, 0.3) is 15.0 Å². The first-order valence-corrected chi connectivity index (χ1v) is 8.55. The van der Waals surface area contributed by atoms with Gasteiger partial charge in [-0.2, -0.15) is 0 Å². The maximum atomic E-state index is 11.8. The predicted octanol–water partition coefficient (Wildman–Crippen LogP) is 1.45. The number of rotatable bonds is 7. The van der Waals surface area contributed by atoms with Crippen LogP contribution >= 0.6 is 10.7 Å². The van der Waals surface area contributed by atoms with E-state index in [4.69, 9.17) is 20.2 Å². The normalized spacial score (nSPS) is 12.8. The Balaban J connectivity index is 2.73. The second-order valence-electron chi connectivity index (χ2n) is 4.41. The van der Waals surface area contributed by atoms with Crippen LogP contribution in [0.15, 0.2) is 23.1 Å². The Morgan fingerprint density at radius 3 is 2.62 bits per heavy atom. The summed E-state index contributed by atoms with van der Waals surface area (Å²) < 4.78 is 32.8. The zero-order valence-electron chi connectivity index (χ0n) is 12.1. The summed E-state index contributed by atoms with van der Waals surface area (Å²) in [6, 6.07) is 4.21. The van der Waals surface area contributed by atoms with Gasteiger partial charge in [0.2, 0.25) is 0 Å². The topological polar surface area (TPSA) is 81.7 Å². The smallest absolute Gasteiger partial charge is 0.261 e. The highest BCUT2D eigenvalue weighted by atomic mass is 35.7. The van der Waals surface area contributed by atoms with Crippen LogP contribution < -0.4 is 10.1 Å². The summed E-state index contributed by atoms with van der Waals surface area (Å²) in [6.07, 6.45) is -0.709. The molecule has 0 saturated carbocycles. The molecule has 1 N–H and O–H groups in total. The van der Waals surface area contributed by atoms with Gasteiger partial charge >= 0.3 is 0 Å². The Hall–Kier alpha value is -1.31. The number of halogens is 1. The maximum absolute atomic E-state index is 11.8. The molecule has 0 aliphatic rings. The number of methoxy groups -OCH3 is 1. The van der Waals surface area contributed by atoms with Gasteiger partial charge in [0, 0.05) is 24.3 Å². The van der Waals surface area contributed by atoms with Gasteiger partial charge < -0.3 is 14.8 Å². The molecule has 1 amide bonds. The Bertz CT molecular complexity index is 603. The minimum Gasteiger partial charge on any atom is -0.481 e. The van der Waals surface area contributed by atoms with E-state index in [-0.39, 0.29) is 10.8 Å². The molecule has 0 heterocycles. The van der Waals surface area contributed by atoms with Crippen molar-refractivity contribution < 1.29 is 22.7 Å². The van der Waals surface area contributed by atoms with Crippen molar-refractivity contribution in [3.63, 3.8) is 0 Å². The van der Waals surface area contributed by atoms with Crippen LogP contribution in [0.4, 0.5) is 0 Å². The van der Waals surface area contributed by atoms with E-state index in [1.165, 1.54) is 18.2 Å². The molecule has 6 nitrogen and oxygen atoms in total. The number of aryl methyl sites for hydroxylation is 1. The van der Waals surface area contributed by atoms with E-state index in [1.807, 2.05) is 0 Å². The SMILES string of the molecule is COCCNC(=O)C(C)Oc1ccc(S(=O)(=O)Cl)cc1C. The van der Waals surface area contributed by atoms with Gasteiger partial charge in [-0.3, -0.25) is 4.79 Å². The lowest BCUT2D eigenvalue weighted by Crippen LogP contribution is -2.38. The van der Waals surface area contributed by atoms with Gasteiger partial charge in [-0.1, -0.05) is 0 Å². The molecule has 0 fully saturated rings. The summed E-state index contributed by atoms with van der Waals surface area (Å²) in [6.45, 7) is 4.09. The summed E-state index contributed by atoms with van der Waals surface area (Å²) in [5, 5.41) is 2.65. The van der Waals surface area contributed by atoms with Crippen molar-refractivity contribution in [3.05, 3.63) is 23.8 Å². The van der Waals surface area contributed by atoms with E-state index in [2.05, 4.69) is 5.32 Å². The number of ether oxygens (including phenoxy) is 2. The Morgan fingerprint density at radius 1 is 1.43 bits per heavy atom. The molecule has 1 rings (SSSR count). The average molecular weight is 336 g/mol. The minimum absolute atomic E-state index is 0.00813. The second-order valence-corrected chi connectivity index (χ2v) is 6.97. The quantitative estimate of drug-likeness (QED) is 0.602. The third-order valence-electron chi connectivity index (χ3n) is 2.71. The van der Waals surface area contributed by atoms with Gasteiger partial charge in [0.1, 0.15) is 5.75 Å². The molecule has 0 aliphatic heterocycles. The van der Waals surface area contributed by atoms with Gasteiger partial charge in [-0.15, -0.1) is 0 Å². The third kappa shape index (κ3) is 5.53. The van der Waals surface area contributed by atoms with Crippen LogP contribution in [-0.2, 0) is 18.6 Å². The van der Waals surface area contributed by atoms with E-state index < -0.39 is 15.2 Å². The summed E-state index contributed by atoms with van der Waals surface area (Å²) in [5.74, 6) is 0.147. The molecule has 0 aromatic heterocycles. The molecular weight excluding hydrogens is 318 g/mol. The summed E-state index contributed by atoms with van der Waals surface area (Å²) in [5.41, 5.74) is 0.577. The first-order valence-electron chi connectivity index (χ1n) is 6.24. The first-order chi connectivity index (χ1) is 9.75. The minimum atomic E-state index is -3.78. The number of hydrogen-bond acceptors (Lipinski definition) is 5. The molecular formula is C13H18ClNO5S. The Kier molecular flexibility index (Phi) is 6.44. The molecule has 0 radical (unpaired) electrons. The molecule has 1 unspecified atom stereocenters. The molecule has 0 saturated heterocycles. The van der Waals surface area contributed by atoms with Crippen LogP contribution in [0.3, 0.4) is 0 Å². The number of carbonyl (C=O) groups excluding carboxylic acids is 1. The molecule has 1 aromatic carbocycles. The van der Waals surface area contributed by atoms with Crippen molar-refractivity contribution >= 4 is 25.6 Å². The number of hydrogen-bond donors (Lipinski definition) is 1. The van der Waals surface area contributed by atoms with Gasteiger partial charge in [0.05, 0.1) is 11.5 Å². The molecule has 0 spiro atoms. The van der Waals surface area contributed by atoms with Crippen LogP contribution in [0, 0.1) is 6.92 Å². The molecule has 21 heavy (non-hydrogen) atoms. The molecule has 118 valence electrons. The lowest BCUT2D eigenvalue weighted by Gasteiger charge is -2.16. The van der Waals surface area contributed by atoms with E-state index in [1.54, 1.807) is 21.0 Å². The highest BCUT2D eigenvalue weighted by molar-refractivity contribution is 8.13. The van der Waals surface area contributed by atoms with E-state index >= 15 is 0 Å². The molecule has 8 heteroatoms. The fourth-order valence-electron chi connectivity index (χ4n) is 1.57. The van der Waals surface area contributed by atoms with Crippen molar-refractivity contribution in [3.8, 4) is 5.75 Å². The highest BCUT2D eigenvalue weighted by Crippen LogP contribution is 2.24. The number of benzene rings is 1. The third-order valence-corrected chi connectivity index (χ3v) is 4.06. The summed E-state index contributed by atoms with van der Waals surface area (Å²) in [7, 11) is 3.03. The van der Waals surface area contributed by atoms with Gasteiger partial charge in [-0.25, -0.2) is 8.42 Å². The highest BCUT2D eigenvalue weighted by Gasteiger charge is 2.17. The van der Waals surface area contributed by atoms with Crippen molar-refractivity contribution in [2.24, 2.45) is 0 Å². The van der Waals surface area contributed by atoms with Crippen LogP contribution in [0.25, 0.3) is 0 Å². The van der Waals surface area contributed by atoms with Crippen LogP contribution in [0.1, 0.15) is 12.5 Å². The first kappa shape index (κ1) is 17.7. The monoisotopic (exact) mass is 335 g/mol. The van der Waals surface area contributed by atoms with Gasteiger partial charge in [-0.05, 0) is 37.6 Å². The second kappa shape index (κ2) is 7.63. The van der Waals surface area contributed by atoms with E-state index in [0.29, 0.717) is 24.5 Å². The Labute approximate surface area is 128 Å². The van der Waals surface area contributed by atoms with Crippen molar-refractivity contribution in [2.75, 3.05) is 20.3 Å². The fourth-order valence-corrected chi connectivity index (χ4v) is 2.41.